The molecule has 0 atom stereocenters. The van der Waals surface area contributed by atoms with Gasteiger partial charge in [0, 0.05) is 13.0 Å². The number of rotatable bonds is 6. The fourth-order valence-corrected chi connectivity index (χ4v) is 1.55. The quantitative estimate of drug-likeness (QED) is 0.641. The Morgan fingerprint density at radius 1 is 1.37 bits per heavy atom. The Balaban J connectivity index is 2.36. The topological polar surface area (TPSA) is 38.3 Å². The summed E-state index contributed by atoms with van der Waals surface area (Å²) in [6.07, 6.45) is -3.43. The minimum atomic E-state index is -4.32. The molecule has 0 spiro atoms. The molecular formula is C13H16F3NO2. The van der Waals surface area contributed by atoms with Crippen LogP contribution in [0.15, 0.2) is 24.3 Å². The maximum Gasteiger partial charge on any atom is 0.416 e. The van der Waals surface area contributed by atoms with Gasteiger partial charge in [0.25, 0.3) is 0 Å². The Labute approximate surface area is 109 Å². The molecule has 6 heteroatoms. The third-order valence-electron chi connectivity index (χ3n) is 2.55. The van der Waals surface area contributed by atoms with Crippen molar-refractivity contribution in [2.75, 3.05) is 13.7 Å². The Morgan fingerprint density at radius 3 is 2.74 bits per heavy atom. The lowest BCUT2D eigenvalue weighted by atomic mass is 10.1. The maximum atomic E-state index is 12.5. The monoisotopic (exact) mass is 275 g/mol. The molecule has 19 heavy (non-hydrogen) atoms. The van der Waals surface area contributed by atoms with Crippen LogP contribution in [0, 0.1) is 0 Å². The molecule has 0 bridgehead atoms. The van der Waals surface area contributed by atoms with E-state index in [4.69, 9.17) is 0 Å². The molecule has 1 aromatic carbocycles. The summed E-state index contributed by atoms with van der Waals surface area (Å²) in [6, 6.07) is 5.17. The van der Waals surface area contributed by atoms with Gasteiger partial charge in [0.15, 0.2) is 0 Å². The highest BCUT2D eigenvalue weighted by Gasteiger charge is 2.30. The number of methoxy groups -OCH3 is 1. The van der Waals surface area contributed by atoms with Crippen molar-refractivity contribution in [3.05, 3.63) is 35.4 Å². The second kappa shape index (κ2) is 7.13. The smallest absolute Gasteiger partial charge is 0.416 e. The molecule has 0 heterocycles. The van der Waals surface area contributed by atoms with Crippen molar-refractivity contribution in [1.29, 1.82) is 0 Å². The second-order valence-electron chi connectivity index (χ2n) is 4.05. The van der Waals surface area contributed by atoms with Gasteiger partial charge in [0.2, 0.25) is 0 Å². The highest BCUT2D eigenvalue weighted by molar-refractivity contribution is 5.69. The molecule has 0 saturated carbocycles. The van der Waals surface area contributed by atoms with Crippen LogP contribution in [0.1, 0.15) is 24.0 Å². The molecule has 0 radical (unpaired) electrons. The summed E-state index contributed by atoms with van der Waals surface area (Å²) < 4.78 is 41.9. The Bertz CT molecular complexity index is 419. The molecule has 0 amide bonds. The molecule has 106 valence electrons. The van der Waals surface area contributed by atoms with Gasteiger partial charge in [-0.15, -0.1) is 0 Å². The van der Waals surface area contributed by atoms with Gasteiger partial charge in [-0.05, 0) is 24.6 Å². The molecule has 0 unspecified atom stereocenters. The summed E-state index contributed by atoms with van der Waals surface area (Å²) in [5.41, 5.74) is -0.0887. The third kappa shape index (κ3) is 5.74. The zero-order valence-corrected chi connectivity index (χ0v) is 10.6. The SMILES string of the molecule is COC(=O)CCCNCc1cccc(C(F)(F)F)c1. The van der Waals surface area contributed by atoms with Gasteiger partial charge in [-0.3, -0.25) is 4.79 Å². The largest absolute Gasteiger partial charge is 0.469 e. The number of halogens is 3. The minimum absolute atomic E-state index is 0.291. The fraction of sp³-hybridized carbons (Fsp3) is 0.462. The summed E-state index contributed by atoms with van der Waals surface area (Å²) in [4.78, 5) is 10.8. The summed E-state index contributed by atoms with van der Waals surface area (Å²) in [6.45, 7) is 0.885. The van der Waals surface area contributed by atoms with Crippen molar-refractivity contribution in [2.24, 2.45) is 0 Å². The molecular weight excluding hydrogens is 259 g/mol. The maximum absolute atomic E-state index is 12.5. The van der Waals surface area contributed by atoms with E-state index in [0.717, 1.165) is 12.1 Å². The molecule has 0 aromatic heterocycles. The van der Waals surface area contributed by atoms with Gasteiger partial charge in [-0.1, -0.05) is 18.2 Å². The summed E-state index contributed by atoms with van der Waals surface area (Å²) in [7, 11) is 1.32. The number of carbonyl (C=O) groups is 1. The minimum Gasteiger partial charge on any atom is -0.469 e. The number of carbonyl (C=O) groups excluding carboxylic acids is 1. The lowest BCUT2D eigenvalue weighted by Gasteiger charge is -2.09. The summed E-state index contributed by atoms with van der Waals surface area (Å²) >= 11 is 0. The van der Waals surface area contributed by atoms with Gasteiger partial charge in [0.05, 0.1) is 12.7 Å². The molecule has 0 aliphatic carbocycles. The average Bonchev–Trinajstić information content (AvgIpc) is 2.37. The number of alkyl halides is 3. The molecule has 1 aromatic rings. The lowest BCUT2D eigenvalue weighted by molar-refractivity contribution is -0.140. The average molecular weight is 275 g/mol. The van der Waals surface area contributed by atoms with Crippen molar-refractivity contribution in [3.8, 4) is 0 Å². The summed E-state index contributed by atoms with van der Waals surface area (Å²) in [5.74, 6) is -0.291. The van der Waals surface area contributed by atoms with E-state index in [0.29, 0.717) is 31.5 Å². The number of hydrogen-bond acceptors (Lipinski definition) is 3. The molecule has 3 nitrogen and oxygen atoms in total. The fourth-order valence-electron chi connectivity index (χ4n) is 1.55. The van der Waals surface area contributed by atoms with Crippen LogP contribution in [0.5, 0.6) is 0 Å². The van der Waals surface area contributed by atoms with E-state index >= 15 is 0 Å². The molecule has 0 saturated heterocycles. The highest BCUT2D eigenvalue weighted by Crippen LogP contribution is 2.29. The molecule has 0 fully saturated rings. The Hall–Kier alpha value is -1.56. The molecule has 1 N–H and O–H groups in total. The number of nitrogens with one attached hydrogen (secondary N) is 1. The van der Waals surface area contributed by atoms with Crippen molar-refractivity contribution < 1.29 is 22.7 Å². The summed E-state index contributed by atoms with van der Waals surface area (Å²) in [5, 5.41) is 2.98. The van der Waals surface area contributed by atoms with Crippen LogP contribution in [0.2, 0.25) is 0 Å². The van der Waals surface area contributed by atoms with Crippen molar-refractivity contribution in [1.82, 2.24) is 5.32 Å². The predicted octanol–water partition coefficient (Wildman–Crippen LogP) is 2.75. The van der Waals surface area contributed by atoms with Crippen LogP contribution in [0.4, 0.5) is 13.2 Å². The first-order valence-electron chi connectivity index (χ1n) is 5.87. The number of hydrogen-bond donors (Lipinski definition) is 1. The van der Waals surface area contributed by atoms with E-state index < -0.39 is 11.7 Å². The van der Waals surface area contributed by atoms with Crippen molar-refractivity contribution in [2.45, 2.75) is 25.6 Å². The van der Waals surface area contributed by atoms with E-state index in [-0.39, 0.29) is 5.97 Å². The standard InChI is InChI=1S/C13H16F3NO2/c1-19-12(18)6-3-7-17-9-10-4-2-5-11(8-10)13(14,15)16/h2,4-5,8,17H,3,6-7,9H2,1H3. The third-order valence-corrected chi connectivity index (χ3v) is 2.55. The molecule has 0 aliphatic rings. The second-order valence-corrected chi connectivity index (χ2v) is 4.05. The van der Waals surface area contributed by atoms with Crippen LogP contribution in [-0.2, 0) is 22.3 Å². The lowest BCUT2D eigenvalue weighted by Crippen LogP contribution is -2.16. The zero-order chi connectivity index (χ0) is 14.3. The van der Waals surface area contributed by atoms with Crippen LogP contribution < -0.4 is 5.32 Å². The van der Waals surface area contributed by atoms with Crippen molar-refractivity contribution >= 4 is 5.97 Å². The number of esters is 1. The van der Waals surface area contributed by atoms with Gasteiger partial charge >= 0.3 is 12.1 Å². The van der Waals surface area contributed by atoms with Crippen LogP contribution in [-0.4, -0.2) is 19.6 Å². The van der Waals surface area contributed by atoms with Gasteiger partial charge in [-0.25, -0.2) is 0 Å². The van der Waals surface area contributed by atoms with Crippen LogP contribution in [0.3, 0.4) is 0 Å². The van der Waals surface area contributed by atoms with Gasteiger partial charge in [0.1, 0.15) is 0 Å². The Kier molecular flexibility index (Phi) is 5.82. The van der Waals surface area contributed by atoms with E-state index in [1.807, 2.05) is 0 Å². The van der Waals surface area contributed by atoms with E-state index in [1.54, 1.807) is 6.07 Å². The van der Waals surface area contributed by atoms with E-state index in [9.17, 15) is 18.0 Å². The number of benzene rings is 1. The first-order chi connectivity index (χ1) is 8.93. The zero-order valence-electron chi connectivity index (χ0n) is 10.6. The highest BCUT2D eigenvalue weighted by atomic mass is 19.4. The Morgan fingerprint density at radius 2 is 2.11 bits per heavy atom. The van der Waals surface area contributed by atoms with Gasteiger partial charge in [-0.2, -0.15) is 13.2 Å². The predicted molar refractivity (Wildman–Crippen MR) is 64.4 cm³/mol. The van der Waals surface area contributed by atoms with E-state index in [2.05, 4.69) is 10.1 Å². The number of ether oxygens (including phenoxy) is 1. The van der Waals surface area contributed by atoms with E-state index in [1.165, 1.54) is 13.2 Å². The first-order valence-corrected chi connectivity index (χ1v) is 5.87. The molecule has 0 aliphatic heterocycles. The first kappa shape index (κ1) is 15.5. The van der Waals surface area contributed by atoms with Gasteiger partial charge < -0.3 is 10.1 Å². The van der Waals surface area contributed by atoms with Crippen molar-refractivity contribution in [3.63, 3.8) is 0 Å². The normalized spacial score (nSPS) is 11.4. The van der Waals surface area contributed by atoms with Crippen LogP contribution >= 0.6 is 0 Å². The molecule has 1 rings (SSSR count). The van der Waals surface area contributed by atoms with Crippen LogP contribution in [0.25, 0.3) is 0 Å².